The van der Waals surface area contributed by atoms with Crippen LogP contribution in [-0.2, 0) is 0 Å². The van der Waals surface area contributed by atoms with Gasteiger partial charge in [-0.25, -0.2) is 0 Å². The standard InChI is InChI=1S/C16H19NO/c1-3-17-11-13(2)12-18-16-9-8-14-6-4-5-7-15(14)10-16/h4-10,17H,2-3,11-12H2,1H3. The Morgan fingerprint density at radius 1 is 1.17 bits per heavy atom. The molecule has 94 valence electrons. The number of nitrogens with one attached hydrogen (secondary N) is 1. The third-order valence-corrected chi connectivity index (χ3v) is 2.79. The van der Waals surface area contributed by atoms with Crippen molar-refractivity contribution in [2.45, 2.75) is 6.92 Å². The van der Waals surface area contributed by atoms with Crippen LogP contribution in [0.15, 0.2) is 54.6 Å². The summed E-state index contributed by atoms with van der Waals surface area (Å²) in [6.45, 7) is 8.39. The predicted molar refractivity (Wildman–Crippen MR) is 77.1 cm³/mol. The van der Waals surface area contributed by atoms with Gasteiger partial charge in [0.25, 0.3) is 0 Å². The highest BCUT2D eigenvalue weighted by Gasteiger charge is 1.98. The first-order valence-corrected chi connectivity index (χ1v) is 6.28. The molecule has 0 unspecified atom stereocenters. The summed E-state index contributed by atoms with van der Waals surface area (Å²) in [5.41, 5.74) is 1.06. The van der Waals surface area contributed by atoms with Crippen LogP contribution in [0, 0.1) is 0 Å². The molecule has 2 aromatic carbocycles. The van der Waals surface area contributed by atoms with Gasteiger partial charge in [0.05, 0.1) is 0 Å². The average Bonchev–Trinajstić information content (AvgIpc) is 2.42. The minimum atomic E-state index is 0.561. The Bertz CT molecular complexity index is 533. The predicted octanol–water partition coefficient (Wildman–Crippen LogP) is 3.38. The van der Waals surface area contributed by atoms with Gasteiger partial charge in [-0.1, -0.05) is 43.8 Å². The van der Waals surface area contributed by atoms with Crippen LogP contribution < -0.4 is 10.1 Å². The number of hydrogen-bond acceptors (Lipinski definition) is 2. The van der Waals surface area contributed by atoms with E-state index < -0.39 is 0 Å². The van der Waals surface area contributed by atoms with Gasteiger partial charge < -0.3 is 10.1 Å². The van der Waals surface area contributed by atoms with Crippen molar-refractivity contribution in [1.82, 2.24) is 5.32 Å². The van der Waals surface area contributed by atoms with Gasteiger partial charge in [0.1, 0.15) is 12.4 Å². The Balaban J connectivity index is 1.97. The molecular formula is C16H19NO. The smallest absolute Gasteiger partial charge is 0.120 e. The molecule has 1 N–H and O–H groups in total. The molecule has 0 aromatic heterocycles. The number of hydrogen-bond donors (Lipinski definition) is 1. The van der Waals surface area contributed by atoms with E-state index >= 15 is 0 Å². The second-order valence-corrected chi connectivity index (χ2v) is 4.33. The van der Waals surface area contributed by atoms with Crippen molar-refractivity contribution >= 4 is 10.8 Å². The molecule has 0 amide bonds. The Hall–Kier alpha value is -1.80. The van der Waals surface area contributed by atoms with Crippen LogP contribution in [0.3, 0.4) is 0 Å². The van der Waals surface area contributed by atoms with Crippen LogP contribution >= 0.6 is 0 Å². The largest absolute Gasteiger partial charge is 0.489 e. The van der Waals surface area contributed by atoms with Crippen molar-refractivity contribution in [3.05, 3.63) is 54.6 Å². The van der Waals surface area contributed by atoms with E-state index in [-0.39, 0.29) is 0 Å². The van der Waals surface area contributed by atoms with Gasteiger partial charge in [0.15, 0.2) is 0 Å². The number of fused-ring (bicyclic) bond motifs is 1. The molecule has 0 saturated heterocycles. The lowest BCUT2D eigenvalue weighted by molar-refractivity contribution is 0.349. The normalized spacial score (nSPS) is 10.5. The topological polar surface area (TPSA) is 21.3 Å². The summed E-state index contributed by atoms with van der Waals surface area (Å²) in [6, 6.07) is 14.4. The van der Waals surface area contributed by atoms with Crippen molar-refractivity contribution in [3.8, 4) is 5.75 Å². The van der Waals surface area contributed by atoms with Gasteiger partial charge in [-0.15, -0.1) is 0 Å². The van der Waals surface area contributed by atoms with E-state index in [0.29, 0.717) is 6.61 Å². The van der Waals surface area contributed by atoms with E-state index in [2.05, 4.69) is 43.1 Å². The Kier molecular flexibility index (Phi) is 4.37. The molecule has 2 rings (SSSR count). The van der Waals surface area contributed by atoms with Crippen LogP contribution in [0.25, 0.3) is 10.8 Å². The van der Waals surface area contributed by atoms with Crippen molar-refractivity contribution in [2.24, 2.45) is 0 Å². The van der Waals surface area contributed by atoms with Crippen LogP contribution in [0.1, 0.15) is 6.92 Å². The fourth-order valence-corrected chi connectivity index (χ4v) is 1.80. The molecule has 0 atom stereocenters. The molecular weight excluding hydrogens is 222 g/mol. The zero-order valence-corrected chi connectivity index (χ0v) is 10.8. The summed E-state index contributed by atoms with van der Waals surface area (Å²) in [7, 11) is 0. The Morgan fingerprint density at radius 2 is 1.94 bits per heavy atom. The van der Waals surface area contributed by atoms with Gasteiger partial charge in [-0.05, 0) is 35.0 Å². The fraction of sp³-hybridized carbons (Fsp3) is 0.250. The summed E-state index contributed by atoms with van der Waals surface area (Å²) in [4.78, 5) is 0. The zero-order valence-electron chi connectivity index (χ0n) is 10.8. The molecule has 2 nitrogen and oxygen atoms in total. The first kappa shape index (κ1) is 12.7. The maximum Gasteiger partial charge on any atom is 0.120 e. The highest BCUT2D eigenvalue weighted by atomic mass is 16.5. The Morgan fingerprint density at radius 3 is 2.72 bits per heavy atom. The molecule has 0 radical (unpaired) electrons. The molecule has 0 bridgehead atoms. The van der Waals surface area contributed by atoms with E-state index in [0.717, 1.165) is 24.4 Å². The van der Waals surface area contributed by atoms with Crippen LogP contribution in [0.4, 0.5) is 0 Å². The van der Waals surface area contributed by atoms with E-state index in [1.54, 1.807) is 0 Å². The lowest BCUT2D eigenvalue weighted by atomic mass is 10.1. The lowest BCUT2D eigenvalue weighted by Crippen LogP contribution is -2.18. The lowest BCUT2D eigenvalue weighted by Gasteiger charge is -2.09. The van der Waals surface area contributed by atoms with Crippen molar-refractivity contribution < 1.29 is 4.74 Å². The van der Waals surface area contributed by atoms with Gasteiger partial charge in [-0.3, -0.25) is 0 Å². The monoisotopic (exact) mass is 241 g/mol. The summed E-state index contributed by atoms with van der Waals surface area (Å²) < 4.78 is 5.73. The fourth-order valence-electron chi connectivity index (χ4n) is 1.80. The number of ether oxygens (including phenoxy) is 1. The second-order valence-electron chi connectivity index (χ2n) is 4.33. The second kappa shape index (κ2) is 6.22. The van der Waals surface area contributed by atoms with E-state index in [4.69, 9.17) is 4.74 Å². The highest BCUT2D eigenvalue weighted by molar-refractivity contribution is 5.83. The maximum absolute atomic E-state index is 5.73. The molecule has 0 heterocycles. The Labute approximate surface area is 108 Å². The average molecular weight is 241 g/mol. The SMILES string of the molecule is C=C(CNCC)COc1ccc2ccccc2c1. The minimum Gasteiger partial charge on any atom is -0.489 e. The van der Waals surface area contributed by atoms with Gasteiger partial charge in [-0.2, -0.15) is 0 Å². The van der Waals surface area contributed by atoms with Crippen molar-refractivity contribution in [2.75, 3.05) is 19.7 Å². The number of rotatable bonds is 6. The molecule has 2 aromatic rings. The molecule has 0 fully saturated rings. The van der Waals surface area contributed by atoms with Crippen LogP contribution in [-0.4, -0.2) is 19.7 Å². The third-order valence-electron chi connectivity index (χ3n) is 2.79. The van der Waals surface area contributed by atoms with Gasteiger partial charge in [0.2, 0.25) is 0 Å². The zero-order chi connectivity index (χ0) is 12.8. The quantitative estimate of drug-likeness (QED) is 0.783. The highest BCUT2D eigenvalue weighted by Crippen LogP contribution is 2.20. The third kappa shape index (κ3) is 3.34. The molecule has 2 heteroatoms. The molecule has 0 aliphatic carbocycles. The first-order chi connectivity index (χ1) is 8.79. The number of benzene rings is 2. The molecule has 18 heavy (non-hydrogen) atoms. The van der Waals surface area contributed by atoms with E-state index in [9.17, 15) is 0 Å². The van der Waals surface area contributed by atoms with Crippen molar-refractivity contribution in [3.63, 3.8) is 0 Å². The van der Waals surface area contributed by atoms with Gasteiger partial charge >= 0.3 is 0 Å². The molecule has 0 saturated carbocycles. The molecule has 0 aliphatic heterocycles. The van der Waals surface area contributed by atoms with Crippen LogP contribution in [0.5, 0.6) is 5.75 Å². The van der Waals surface area contributed by atoms with Crippen molar-refractivity contribution in [1.29, 1.82) is 0 Å². The summed E-state index contributed by atoms with van der Waals surface area (Å²) in [5.74, 6) is 0.895. The van der Waals surface area contributed by atoms with E-state index in [1.807, 2.05) is 18.2 Å². The van der Waals surface area contributed by atoms with Gasteiger partial charge in [0, 0.05) is 6.54 Å². The first-order valence-electron chi connectivity index (χ1n) is 6.28. The molecule has 0 spiro atoms. The summed E-state index contributed by atoms with van der Waals surface area (Å²) in [6.07, 6.45) is 0. The van der Waals surface area contributed by atoms with E-state index in [1.165, 1.54) is 10.8 Å². The summed E-state index contributed by atoms with van der Waals surface area (Å²) >= 11 is 0. The molecule has 0 aliphatic rings. The minimum absolute atomic E-state index is 0.561. The maximum atomic E-state index is 5.73. The van der Waals surface area contributed by atoms with Crippen LogP contribution in [0.2, 0.25) is 0 Å². The number of likely N-dealkylation sites (N-methyl/N-ethyl adjacent to an activating group) is 1. The summed E-state index contributed by atoms with van der Waals surface area (Å²) in [5, 5.41) is 5.67.